The van der Waals surface area contributed by atoms with E-state index in [0.717, 1.165) is 84.9 Å². The number of nitrogens with zero attached hydrogens (tertiary/aromatic N) is 6. The van der Waals surface area contributed by atoms with Gasteiger partial charge in [-0.25, -0.2) is 4.79 Å². The summed E-state index contributed by atoms with van der Waals surface area (Å²) < 4.78 is 12.2. The van der Waals surface area contributed by atoms with Crippen molar-refractivity contribution in [3.05, 3.63) is 52.7 Å². The molecule has 3 aromatic rings. The lowest BCUT2D eigenvalue weighted by atomic mass is 10.0. The minimum Gasteiger partial charge on any atom is -0.462 e. The van der Waals surface area contributed by atoms with Crippen LogP contribution in [0, 0.1) is 0 Å². The summed E-state index contributed by atoms with van der Waals surface area (Å²) >= 11 is 6.57. The first-order chi connectivity index (χ1) is 21.1. The maximum atomic E-state index is 13.1. The van der Waals surface area contributed by atoms with E-state index >= 15 is 0 Å². The first kappa shape index (κ1) is 29.4. The molecule has 0 saturated carbocycles. The monoisotopic (exact) mass is 618 g/mol. The van der Waals surface area contributed by atoms with Crippen LogP contribution in [-0.2, 0) is 17.7 Å². The van der Waals surface area contributed by atoms with Gasteiger partial charge in [0.1, 0.15) is 18.0 Å². The third-order valence-electron chi connectivity index (χ3n) is 9.67. The van der Waals surface area contributed by atoms with Gasteiger partial charge in [-0.2, -0.15) is 9.97 Å². The summed E-state index contributed by atoms with van der Waals surface area (Å²) in [6, 6.07) is 13.5. The lowest BCUT2D eigenvalue weighted by Gasteiger charge is -2.43. The van der Waals surface area contributed by atoms with Gasteiger partial charge in [-0.1, -0.05) is 35.9 Å². The summed E-state index contributed by atoms with van der Waals surface area (Å²) in [6.07, 6.45) is 4.89. The smallest absolute Gasteiger partial charge is 0.410 e. The molecule has 7 rings (SSSR count). The van der Waals surface area contributed by atoms with Crippen LogP contribution in [0.5, 0.6) is 6.01 Å². The first-order valence-corrected chi connectivity index (χ1v) is 16.4. The zero-order chi connectivity index (χ0) is 30.6. The summed E-state index contributed by atoms with van der Waals surface area (Å²) in [4.78, 5) is 32.4. The quantitative estimate of drug-likeness (QED) is 0.350. The van der Waals surface area contributed by atoms with Crippen LogP contribution in [0.3, 0.4) is 0 Å². The molecule has 3 fully saturated rings. The SMILES string of the molecule is CN1CCC[C@H]1COc1nc2c(c(N3C[C@H]4CC[C@@H](C3)N4C(=O)OC(C)(C)C)n1)CCN(c1cccc3c(Cl)cccc13)C2. The number of rotatable bonds is 5. The number of amides is 1. The number of halogens is 1. The van der Waals surface area contributed by atoms with E-state index in [-0.39, 0.29) is 18.2 Å². The molecule has 3 saturated heterocycles. The summed E-state index contributed by atoms with van der Waals surface area (Å²) in [5.74, 6) is 0.964. The predicted molar refractivity (Wildman–Crippen MR) is 174 cm³/mol. The molecule has 0 N–H and O–H groups in total. The highest BCUT2D eigenvalue weighted by Crippen LogP contribution is 2.39. The molecule has 44 heavy (non-hydrogen) atoms. The second-order valence-corrected chi connectivity index (χ2v) is 14.2. The van der Waals surface area contributed by atoms with Gasteiger partial charge in [-0.05, 0) is 78.6 Å². The van der Waals surface area contributed by atoms with Crippen LogP contribution in [0.1, 0.15) is 57.7 Å². The molecule has 0 aliphatic carbocycles. The Labute approximate surface area is 265 Å². The Balaban J connectivity index is 1.19. The number of benzene rings is 2. The van der Waals surface area contributed by atoms with Crippen molar-refractivity contribution in [2.75, 3.05) is 49.6 Å². The highest BCUT2D eigenvalue weighted by molar-refractivity contribution is 6.35. The molecular formula is C34H43ClN6O3. The molecule has 2 bridgehead atoms. The van der Waals surface area contributed by atoms with Crippen molar-refractivity contribution < 1.29 is 14.3 Å². The van der Waals surface area contributed by atoms with E-state index < -0.39 is 5.60 Å². The molecule has 234 valence electrons. The van der Waals surface area contributed by atoms with Crippen molar-refractivity contribution in [3.63, 3.8) is 0 Å². The maximum absolute atomic E-state index is 13.1. The van der Waals surface area contributed by atoms with Gasteiger partial charge in [-0.3, -0.25) is 4.90 Å². The van der Waals surface area contributed by atoms with Crippen LogP contribution >= 0.6 is 11.6 Å². The molecule has 0 unspecified atom stereocenters. The summed E-state index contributed by atoms with van der Waals surface area (Å²) in [5, 5.41) is 2.97. The fourth-order valence-corrected chi connectivity index (χ4v) is 7.74. The third kappa shape index (κ3) is 5.65. The Kier molecular flexibility index (Phi) is 7.73. The van der Waals surface area contributed by atoms with Crippen LogP contribution in [0.4, 0.5) is 16.3 Å². The van der Waals surface area contributed by atoms with E-state index in [1.54, 1.807) is 0 Å². The molecule has 0 spiro atoms. The number of likely N-dealkylation sites (N-methyl/N-ethyl adjacent to an activating group) is 1. The van der Waals surface area contributed by atoms with Gasteiger partial charge in [0.2, 0.25) is 0 Å². The number of ether oxygens (including phenoxy) is 2. The van der Waals surface area contributed by atoms with E-state index in [9.17, 15) is 4.79 Å². The predicted octanol–water partition coefficient (Wildman–Crippen LogP) is 5.91. The van der Waals surface area contributed by atoms with Gasteiger partial charge in [0.15, 0.2) is 0 Å². The number of piperazine rings is 1. The summed E-state index contributed by atoms with van der Waals surface area (Å²) in [7, 11) is 2.16. The molecule has 1 aromatic heterocycles. The van der Waals surface area contributed by atoms with Gasteiger partial charge in [0, 0.05) is 52.7 Å². The van der Waals surface area contributed by atoms with Crippen molar-refractivity contribution >= 4 is 40.0 Å². The van der Waals surface area contributed by atoms with Gasteiger partial charge >= 0.3 is 12.1 Å². The molecule has 1 amide bonds. The zero-order valence-electron chi connectivity index (χ0n) is 26.3. The fourth-order valence-electron chi connectivity index (χ4n) is 7.50. The van der Waals surface area contributed by atoms with Crippen LogP contribution in [0.2, 0.25) is 5.02 Å². The topological polar surface area (TPSA) is 74.3 Å². The number of hydrogen-bond donors (Lipinski definition) is 0. The van der Waals surface area contributed by atoms with Gasteiger partial charge in [0.25, 0.3) is 0 Å². The van der Waals surface area contributed by atoms with Gasteiger partial charge < -0.3 is 24.2 Å². The summed E-state index contributed by atoms with van der Waals surface area (Å²) in [5.41, 5.74) is 2.85. The van der Waals surface area contributed by atoms with Crippen molar-refractivity contribution in [1.82, 2.24) is 19.8 Å². The number of carbonyl (C=O) groups is 1. The zero-order valence-corrected chi connectivity index (χ0v) is 27.0. The Morgan fingerprint density at radius 3 is 2.45 bits per heavy atom. The average molecular weight is 619 g/mol. The highest BCUT2D eigenvalue weighted by Gasteiger charge is 2.45. The number of fused-ring (bicyclic) bond motifs is 4. The first-order valence-electron chi connectivity index (χ1n) is 16.1. The minimum atomic E-state index is -0.514. The lowest BCUT2D eigenvalue weighted by molar-refractivity contribution is 0.0122. The molecule has 3 atom stereocenters. The standard InChI is InChI=1S/C34H43ClN6O3/c1-34(2,3)44-33(42)41-22-13-14-23(41)19-40(18-22)31-27-15-17-39(30-12-6-9-25-26(30)10-5-11-28(25)35)20-29(27)36-32(37-31)43-21-24-8-7-16-38(24)4/h5-6,9-12,22-24H,7-8,13-21H2,1-4H3/t22-,23+,24-/m0/s1. The molecule has 5 heterocycles. The molecule has 9 nitrogen and oxygen atoms in total. The molecular weight excluding hydrogens is 576 g/mol. The van der Waals surface area contributed by atoms with Crippen LogP contribution in [0.25, 0.3) is 10.8 Å². The summed E-state index contributed by atoms with van der Waals surface area (Å²) in [6.45, 7) is 10.4. The number of aromatic nitrogens is 2. The third-order valence-corrected chi connectivity index (χ3v) is 10.0. The molecule has 2 aromatic carbocycles. The number of likely N-dealkylation sites (tertiary alicyclic amines) is 1. The number of carbonyl (C=O) groups excluding carboxylic acids is 1. The van der Waals surface area contributed by atoms with Gasteiger partial charge in [0.05, 0.1) is 24.3 Å². The van der Waals surface area contributed by atoms with Crippen LogP contribution < -0.4 is 14.5 Å². The Morgan fingerprint density at radius 1 is 0.977 bits per heavy atom. The van der Waals surface area contributed by atoms with E-state index in [1.165, 1.54) is 12.0 Å². The van der Waals surface area contributed by atoms with Crippen molar-refractivity contribution in [1.29, 1.82) is 0 Å². The highest BCUT2D eigenvalue weighted by atomic mass is 35.5. The minimum absolute atomic E-state index is 0.103. The Hall–Kier alpha value is -3.30. The number of hydrogen-bond acceptors (Lipinski definition) is 8. The molecule has 10 heteroatoms. The van der Waals surface area contributed by atoms with Crippen molar-refractivity contribution in [2.24, 2.45) is 0 Å². The van der Waals surface area contributed by atoms with Crippen molar-refractivity contribution in [2.45, 2.75) is 83.1 Å². The van der Waals surface area contributed by atoms with Crippen molar-refractivity contribution in [3.8, 4) is 6.01 Å². The van der Waals surface area contributed by atoms with E-state index in [2.05, 4.69) is 46.0 Å². The van der Waals surface area contributed by atoms with E-state index in [0.29, 0.717) is 25.2 Å². The Morgan fingerprint density at radius 2 is 1.73 bits per heavy atom. The van der Waals surface area contributed by atoms with E-state index in [1.807, 2.05) is 37.8 Å². The van der Waals surface area contributed by atoms with Gasteiger partial charge in [-0.15, -0.1) is 0 Å². The van der Waals surface area contributed by atoms with Crippen LogP contribution in [0.15, 0.2) is 36.4 Å². The van der Waals surface area contributed by atoms with Crippen LogP contribution in [-0.4, -0.2) is 89.4 Å². The molecule has 4 aliphatic rings. The lowest BCUT2D eigenvalue weighted by Crippen LogP contribution is -2.57. The number of anilines is 2. The second kappa shape index (κ2) is 11.6. The molecule has 4 aliphatic heterocycles. The Bertz CT molecular complexity index is 1550. The average Bonchev–Trinajstić information content (AvgIpc) is 3.53. The second-order valence-electron chi connectivity index (χ2n) is 13.8. The maximum Gasteiger partial charge on any atom is 0.410 e. The fraction of sp³-hybridized carbons (Fsp3) is 0.559. The normalized spacial score (nSPS) is 23.8. The molecule has 0 radical (unpaired) electrons. The largest absolute Gasteiger partial charge is 0.462 e. The van der Waals surface area contributed by atoms with E-state index in [4.69, 9.17) is 31.0 Å².